The average molecular weight is 448 g/mol. The molecular formula is C26H33N5O2. The number of amides is 1. The minimum Gasteiger partial charge on any atom is -0.468 e. The van der Waals surface area contributed by atoms with Crippen LogP contribution in [0.5, 0.6) is 0 Å². The monoisotopic (exact) mass is 447 g/mol. The van der Waals surface area contributed by atoms with Gasteiger partial charge in [-0.1, -0.05) is 30.3 Å². The summed E-state index contributed by atoms with van der Waals surface area (Å²) in [4.78, 5) is 26.3. The Hall–Kier alpha value is -3.19. The number of aromatic nitrogens is 2. The maximum Gasteiger partial charge on any atom is 0.225 e. The van der Waals surface area contributed by atoms with Gasteiger partial charge in [-0.15, -0.1) is 0 Å². The van der Waals surface area contributed by atoms with E-state index in [4.69, 9.17) is 4.42 Å². The topological polar surface area (TPSA) is 74.5 Å². The van der Waals surface area contributed by atoms with E-state index in [1.54, 1.807) is 12.5 Å². The second-order valence-electron chi connectivity index (χ2n) is 8.67. The third-order valence-corrected chi connectivity index (χ3v) is 6.10. The molecule has 0 spiro atoms. The minimum absolute atomic E-state index is 0.0364. The van der Waals surface area contributed by atoms with E-state index in [0.717, 1.165) is 62.8 Å². The van der Waals surface area contributed by atoms with Crippen molar-refractivity contribution in [3.8, 4) is 0 Å². The van der Waals surface area contributed by atoms with Gasteiger partial charge in [-0.05, 0) is 49.9 Å². The normalized spacial score (nSPS) is 16.2. The second kappa shape index (κ2) is 11.6. The minimum atomic E-state index is -0.0364. The average Bonchev–Trinajstić information content (AvgIpc) is 3.36. The third-order valence-electron chi connectivity index (χ3n) is 6.10. The molecule has 1 fully saturated rings. The number of furan rings is 1. The summed E-state index contributed by atoms with van der Waals surface area (Å²) < 4.78 is 5.55. The number of aryl methyl sites for hydroxylation is 1. The molecule has 4 rings (SSSR count). The number of carbonyl (C=O) groups excluding carboxylic acids is 1. The van der Waals surface area contributed by atoms with E-state index in [1.807, 2.05) is 31.2 Å². The predicted molar refractivity (Wildman–Crippen MR) is 129 cm³/mol. The number of benzene rings is 1. The van der Waals surface area contributed by atoms with Crippen molar-refractivity contribution in [1.29, 1.82) is 0 Å². The number of nitrogens with zero attached hydrogens (tertiary/aromatic N) is 4. The number of hydrogen-bond acceptors (Lipinski definition) is 6. The van der Waals surface area contributed by atoms with Gasteiger partial charge in [0, 0.05) is 44.6 Å². The molecule has 0 radical (unpaired) electrons. The molecule has 0 aliphatic carbocycles. The Morgan fingerprint density at radius 3 is 2.85 bits per heavy atom. The fourth-order valence-electron chi connectivity index (χ4n) is 4.27. The van der Waals surface area contributed by atoms with Crippen LogP contribution in [-0.4, -0.2) is 53.5 Å². The van der Waals surface area contributed by atoms with Crippen LogP contribution in [-0.2, 0) is 17.8 Å². The molecule has 1 atom stereocenters. The van der Waals surface area contributed by atoms with Gasteiger partial charge in [-0.2, -0.15) is 0 Å². The van der Waals surface area contributed by atoms with Crippen molar-refractivity contribution >= 4 is 11.9 Å². The first-order valence-corrected chi connectivity index (χ1v) is 11.8. The maximum atomic E-state index is 12.9. The van der Waals surface area contributed by atoms with Gasteiger partial charge < -0.3 is 14.6 Å². The van der Waals surface area contributed by atoms with Gasteiger partial charge >= 0.3 is 0 Å². The van der Waals surface area contributed by atoms with E-state index in [-0.39, 0.29) is 11.8 Å². The molecule has 1 aliphatic rings. The molecule has 0 bridgehead atoms. The molecule has 174 valence electrons. The lowest BCUT2D eigenvalue weighted by molar-refractivity contribution is -0.125. The van der Waals surface area contributed by atoms with Crippen molar-refractivity contribution in [2.75, 3.05) is 37.6 Å². The summed E-state index contributed by atoms with van der Waals surface area (Å²) in [5, 5.41) is 3.17. The molecule has 1 saturated heterocycles. The maximum absolute atomic E-state index is 12.9. The largest absolute Gasteiger partial charge is 0.468 e. The molecule has 1 aromatic carbocycles. The lowest BCUT2D eigenvalue weighted by atomic mass is 9.97. The van der Waals surface area contributed by atoms with Gasteiger partial charge in [0.2, 0.25) is 11.9 Å². The van der Waals surface area contributed by atoms with Crippen LogP contribution in [0.25, 0.3) is 0 Å². The zero-order valence-corrected chi connectivity index (χ0v) is 19.3. The number of anilines is 1. The van der Waals surface area contributed by atoms with E-state index in [9.17, 15) is 4.79 Å². The fourth-order valence-corrected chi connectivity index (χ4v) is 4.27. The molecule has 1 amide bonds. The Morgan fingerprint density at radius 1 is 1.18 bits per heavy atom. The third kappa shape index (κ3) is 6.89. The highest BCUT2D eigenvalue weighted by Crippen LogP contribution is 2.20. The van der Waals surface area contributed by atoms with Gasteiger partial charge in [0.05, 0.1) is 18.7 Å². The summed E-state index contributed by atoms with van der Waals surface area (Å²) in [5.74, 6) is 1.74. The quantitative estimate of drug-likeness (QED) is 0.513. The van der Waals surface area contributed by atoms with E-state index < -0.39 is 0 Å². The van der Waals surface area contributed by atoms with Crippen LogP contribution in [0.1, 0.15) is 29.9 Å². The van der Waals surface area contributed by atoms with Gasteiger partial charge in [-0.25, -0.2) is 9.97 Å². The SMILES string of the molecule is Cc1ccnc(N2CCC[C@H](C(=O)NCCN(CCc3ccccc3)Cc3ccco3)C2)n1. The molecule has 1 aliphatic heterocycles. The van der Waals surface area contributed by atoms with Crippen molar-refractivity contribution in [3.63, 3.8) is 0 Å². The summed E-state index contributed by atoms with van der Waals surface area (Å²) in [7, 11) is 0. The van der Waals surface area contributed by atoms with E-state index in [1.165, 1.54) is 5.56 Å². The first kappa shape index (κ1) is 23.0. The zero-order chi connectivity index (χ0) is 22.9. The van der Waals surface area contributed by atoms with E-state index >= 15 is 0 Å². The number of nitrogens with one attached hydrogen (secondary N) is 1. The molecule has 3 heterocycles. The van der Waals surface area contributed by atoms with Crippen LogP contribution in [0.4, 0.5) is 5.95 Å². The van der Waals surface area contributed by atoms with Gasteiger partial charge in [0.25, 0.3) is 0 Å². The Bertz CT molecular complexity index is 993. The highest BCUT2D eigenvalue weighted by molar-refractivity contribution is 5.79. The van der Waals surface area contributed by atoms with Crippen LogP contribution < -0.4 is 10.2 Å². The van der Waals surface area contributed by atoms with Crippen molar-refractivity contribution < 1.29 is 9.21 Å². The standard InChI is InChI=1S/C26H33N5O2/c1-21-11-13-28-26(29-21)31-15-5-9-23(19-31)25(32)27-14-17-30(20-24-10-6-18-33-24)16-12-22-7-3-2-4-8-22/h2-4,6-8,10-11,13,18,23H,5,9,12,14-17,19-20H2,1H3,(H,27,32)/t23-/m0/s1. The molecule has 7 heteroatoms. The molecule has 2 aromatic heterocycles. The van der Waals surface area contributed by atoms with Crippen molar-refractivity contribution in [2.45, 2.75) is 32.7 Å². The number of piperidine rings is 1. The Morgan fingerprint density at radius 2 is 2.06 bits per heavy atom. The van der Waals surface area contributed by atoms with Gasteiger partial charge in [0.15, 0.2) is 0 Å². The first-order chi connectivity index (χ1) is 16.2. The molecule has 3 aromatic rings. The van der Waals surface area contributed by atoms with Crippen LogP contribution in [0, 0.1) is 12.8 Å². The van der Waals surface area contributed by atoms with Gasteiger partial charge in [0.1, 0.15) is 5.76 Å². The molecular weight excluding hydrogens is 414 g/mol. The zero-order valence-electron chi connectivity index (χ0n) is 19.3. The molecule has 1 N–H and O–H groups in total. The van der Waals surface area contributed by atoms with Crippen LogP contribution >= 0.6 is 0 Å². The molecule has 0 saturated carbocycles. The summed E-state index contributed by atoms with van der Waals surface area (Å²) in [6, 6.07) is 16.3. The predicted octanol–water partition coefficient (Wildman–Crippen LogP) is 3.46. The summed E-state index contributed by atoms with van der Waals surface area (Å²) in [6.45, 7) is 6.55. The van der Waals surface area contributed by atoms with E-state index in [2.05, 4.69) is 49.4 Å². The lowest BCUT2D eigenvalue weighted by Gasteiger charge is -2.32. The molecule has 7 nitrogen and oxygen atoms in total. The smallest absolute Gasteiger partial charge is 0.225 e. The van der Waals surface area contributed by atoms with Crippen LogP contribution in [0.3, 0.4) is 0 Å². The van der Waals surface area contributed by atoms with Crippen molar-refractivity contribution in [1.82, 2.24) is 20.2 Å². The molecule has 33 heavy (non-hydrogen) atoms. The van der Waals surface area contributed by atoms with Crippen LogP contribution in [0.15, 0.2) is 65.4 Å². The lowest BCUT2D eigenvalue weighted by Crippen LogP contribution is -2.45. The fraction of sp³-hybridized carbons (Fsp3) is 0.423. The highest BCUT2D eigenvalue weighted by Gasteiger charge is 2.27. The summed E-state index contributed by atoms with van der Waals surface area (Å²) in [5.41, 5.74) is 2.25. The summed E-state index contributed by atoms with van der Waals surface area (Å²) in [6.07, 6.45) is 6.32. The number of carbonyl (C=O) groups is 1. The second-order valence-corrected chi connectivity index (χ2v) is 8.67. The molecule has 0 unspecified atom stereocenters. The number of rotatable bonds is 10. The van der Waals surface area contributed by atoms with Crippen molar-refractivity contribution in [3.05, 3.63) is 78.0 Å². The van der Waals surface area contributed by atoms with Gasteiger partial charge in [-0.3, -0.25) is 9.69 Å². The number of hydrogen-bond donors (Lipinski definition) is 1. The Kier molecular flexibility index (Phi) is 8.09. The highest BCUT2D eigenvalue weighted by atomic mass is 16.3. The Balaban J connectivity index is 1.27. The Labute approximate surface area is 195 Å². The van der Waals surface area contributed by atoms with Crippen molar-refractivity contribution in [2.24, 2.45) is 5.92 Å². The van der Waals surface area contributed by atoms with E-state index in [0.29, 0.717) is 13.1 Å². The summed E-state index contributed by atoms with van der Waals surface area (Å²) >= 11 is 0. The first-order valence-electron chi connectivity index (χ1n) is 11.8. The van der Waals surface area contributed by atoms with Crippen LogP contribution in [0.2, 0.25) is 0 Å².